The van der Waals surface area contributed by atoms with Gasteiger partial charge in [-0.05, 0) is 62.1 Å². The van der Waals surface area contributed by atoms with Crippen LogP contribution in [0, 0.1) is 5.92 Å². The number of aliphatic carboxylic acids is 1. The molecule has 39 heavy (non-hydrogen) atoms. The van der Waals surface area contributed by atoms with Crippen molar-refractivity contribution in [3.05, 3.63) is 54.4 Å². The van der Waals surface area contributed by atoms with Gasteiger partial charge in [-0.25, -0.2) is 9.67 Å². The Morgan fingerprint density at radius 2 is 1.97 bits per heavy atom. The number of nitrogens with zero attached hydrogens (tertiary/aromatic N) is 4. The van der Waals surface area contributed by atoms with Gasteiger partial charge in [-0.1, -0.05) is 0 Å². The van der Waals surface area contributed by atoms with Crippen LogP contribution in [-0.2, 0) is 9.53 Å². The highest BCUT2D eigenvalue weighted by atomic mass is 35.5. The number of aromatic nitrogens is 3. The normalized spacial score (nSPS) is 19.6. The van der Waals surface area contributed by atoms with Crippen LogP contribution >= 0.6 is 11.6 Å². The highest BCUT2D eigenvalue weighted by Gasteiger charge is 2.32. The van der Waals surface area contributed by atoms with Crippen LogP contribution in [0.15, 0.2) is 48.8 Å². The lowest BCUT2D eigenvalue weighted by atomic mass is 10.1. The largest absolute Gasteiger partial charge is 0.487 e. The number of nitrogens with one attached hydrogen (secondary N) is 1. The average Bonchev–Trinajstić information content (AvgIpc) is 3.60. The third kappa shape index (κ3) is 6.28. The van der Waals surface area contributed by atoms with Gasteiger partial charge in [0.15, 0.2) is 6.23 Å². The lowest BCUT2D eigenvalue weighted by Gasteiger charge is -2.26. The predicted molar refractivity (Wildman–Crippen MR) is 138 cm³/mol. The van der Waals surface area contributed by atoms with Crippen molar-refractivity contribution >= 4 is 35.0 Å². The van der Waals surface area contributed by atoms with Gasteiger partial charge in [0.05, 0.1) is 17.2 Å². The van der Waals surface area contributed by atoms with Crippen molar-refractivity contribution in [1.29, 1.82) is 0 Å². The Morgan fingerprint density at radius 3 is 2.64 bits per heavy atom. The van der Waals surface area contributed by atoms with E-state index in [2.05, 4.69) is 20.1 Å². The number of amides is 1. The number of carboxylic acid groups (broad SMARTS) is 1. The van der Waals surface area contributed by atoms with Crippen LogP contribution in [0.1, 0.15) is 42.3 Å². The van der Waals surface area contributed by atoms with E-state index in [0.29, 0.717) is 48.9 Å². The Labute approximate surface area is 227 Å². The maximum atomic E-state index is 13.1. The molecule has 1 aromatic carbocycles. The fourth-order valence-corrected chi connectivity index (χ4v) is 4.88. The minimum Gasteiger partial charge on any atom is -0.481 e. The zero-order valence-corrected chi connectivity index (χ0v) is 21.5. The summed E-state index contributed by atoms with van der Waals surface area (Å²) in [6.45, 7) is 1.42. The molecule has 2 N–H and O–H groups in total. The molecule has 5 rings (SSSR count). The van der Waals surface area contributed by atoms with Crippen LogP contribution in [-0.4, -0.2) is 57.0 Å². The monoisotopic (exact) mass is 561 g/mol. The molecular weight excluding hydrogens is 536 g/mol. The molecule has 206 valence electrons. The standard InChI is InChI=1S/C26H26ClF2N5O5/c27-26(28,29)39-19-6-4-18(5-7-19)32-24(35)17-13-20(21-8-10-31-34(21)22-3-1-2-12-38-22)23(30-14-17)33-11-9-16(15-33)25(36)37/h4-8,10,13-14,16,22H,1-3,9,11-12,15H2,(H,32,35)(H,36,37). The number of halogens is 3. The van der Waals surface area contributed by atoms with Crippen LogP contribution in [0.25, 0.3) is 11.3 Å². The summed E-state index contributed by atoms with van der Waals surface area (Å²) in [6, 6.07) is 8.83. The van der Waals surface area contributed by atoms with Crippen molar-refractivity contribution in [2.45, 2.75) is 37.5 Å². The zero-order valence-electron chi connectivity index (χ0n) is 20.7. The van der Waals surface area contributed by atoms with E-state index in [1.54, 1.807) is 16.9 Å². The molecule has 2 saturated heterocycles. The number of hydrogen-bond acceptors (Lipinski definition) is 7. The minimum atomic E-state index is -3.84. The number of benzene rings is 1. The highest BCUT2D eigenvalue weighted by molar-refractivity contribution is 6.20. The van der Waals surface area contributed by atoms with Crippen molar-refractivity contribution in [3.8, 4) is 17.0 Å². The summed E-state index contributed by atoms with van der Waals surface area (Å²) in [4.78, 5) is 31.2. The molecule has 1 amide bonds. The molecule has 2 aliphatic rings. The predicted octanol–water partition coefficient (Wildman–Crippen LogP) is 4.98. The zero-order chi connectivity index (χ0) is 27.6. The molecule has 0 aliphatic carbocycles. The van der Waals surface area contributed by atoms with Crippen LogP contribution in [0.4, 0.5) is 20.3 Å². The SMILES string of the molecule is O=C(Nc1ccc(OC(F)(F)Cl)cc1)c1cnc(N2CCC(C(=O)O)C2)c(-c2ccnn2C2CCCCO2)c1. The van der Waals surface area contributed by atoms with E-state index in [4.69, 9.17) is 16.3 Å². The lowest BCUT2D eigenvalue weighted by molar-refractivity contribution is -0.140. The number of ether oxygens (including phenoxy) is 2. The second-order valence-corrected chi connectivity index (χ2v) is 9.81. The Morgan fingerprint density at radius 1 is 1.18 bits per heavy atom. The lowest BCUT2D eigenvalue weighted by Crippen LogP contribution is -2.25. The molecule has 2 unspecified atom stereocenters. The summed E-state index contributed by atoms with van der Waals surface area (Å²) in [6.07, 6.45) is 6.06. The Balaban J connectivity index is 1.44. The second-order valence-electron chi connectivity index (χ2n) is 9.37. The van der Waals surface area contributed by atoms with Gasteiger partial charge in [-0.15, -0.1) is 8.78 Å². The molecule has 13 heteroatoms. The molecule has 0 radical (unpaired) electrons. The van der Waals surface area contributed by atoms with E-state index >= 15 is 0 Å². The first-order chi connectivity index (χ1) is 18.7. The molecular formula is C26H26ClF2N5O5. The highest BCUT2D eigenvalue weighted by Crippen LogP contribution is 2.36. The number of hydrogen-bond donors (Lipinski definition) is 2. The number of carbonyl (C=O) groups excluding carboxylic acids is 1. The fourth-order valence-electron chi connectivity index (χ4n) is 4.79. The molecule has 2 aromatic heterocycles. The molecule has 0 bridgehead atoms. The minimum absolute atomic E-state index is 0.162. The molecule has 4 heterocycles. The average molecular weight is 562 g/mol. The topological polar surface area (TPSA) is 119 Å². The van der Waals surface area contributed by atoms with E-state index < -0.39 is 23.4 Å². The number of carbonyl (C=O) groups is 2. The molecule has 0 spiro atoms. The van der Waals surface area contributed by atoms with E-state index in [1.165, 1.54) is 30.5 Å². The van der Waals surface area contributed by atoms with E-state index in [1.807, 2.05) is 11.0 Å². The van der Waals surface area contributed by atoms with Gasteiger partial charge in [-0.2, -0.15) is 5.10 Å². The first kappa shape index (κ1) is 26.8. The van der Waals surface area contributed by atoms with Crippen LogP contribution < -0.4 is 15.0 Å². The smallest absolute Gasteiger partial charge is 0.481 e. The van der Waals surface area contributed by atoms with Crippen molar-refractivity contribution in [2.75, 3.05) is 29.9 Å². The van der Waals surface area contributed by atoms with E-state index in [9.17, 15) is 23.5 Å². The van der Waals surface area contributed by atoms with Gasteiger partial charge < -0.3 is 24.8 Å². The number of alkyl halides is 3. The second kappa shape index (κ2) is 11.1. The van der Waals surface area contributed by atoms with Gasteiger partial charge in [-0.3, -0.25) is 9.59 Å². The summed E-state index contributed by atoms with van der Waals surface area (Å²) >= 11 is 4.79. The van der Waals surface area contributed by atoms with E-state index in [0.717, 1.165) is 19.3 Å². The maximum Gasteiger partial charge on any atom is 0.487 e. The Kier molecular flexibility index (Phi) is 7.67. The summed E-state index contributed by atoms with van der Waals surface area (Å²) in [5.74, 6) is -1.46. The Hall–Kier alpha value is -3.77. The van der Waals surface area contributed by atoms with Gasteiger partial charge >= 0.3 is 11.5 Å². The molecule has 2 fully saturated rings. The fraction of sp³-hybridized carbons (Fsp3) is 0.385. The number of rotatable bonds is 8. The van der Waals surface area contributed by atoms with E-state index in [-0.39, 0.29) is 17.5 Å². The molecule has 0 saturated carbocycles. The first-order valence-electron chi connectivity index (χ1n) is 12.5. The number of anilines is 2. The van der Waals surface area contributed by atoms with Gasteiger partial charge in [0.25, 0.3) is 5.91 Å². The molecule has 10 nitrogen and oxygen atoms in total. The van der Waals surface area contributed by atoms with Crippen LogP contribution in [0.5, 0.6) is 5.75 Å². The summed E-state index contributed by atoms with van der Waals surface area (Å²) in [5.41, 5.74) is -1.94. The van der Waals surface area contributed by atoms with Crippen molar-refractivity contribution in [3.63, 3.8) is 0 Å². The third-order valence-electron chi connectivity index (χ3n) is 6.69. The van der Waals surface area contributed by atoms with Gasteiger partial charge in [0.1, 0.15) is 11.6 Å². The van der Waals surface area contributed by atoms with Gasteiger partial charge in [0, 0.05) is 54.9 Å². The first-order valence-corrected chi connectivity index (χ1v) is 12.9. The van der Waals surface area contributed by atoms with Crippen molar-refractivity contribution < 1.29 is 33.0 Å². The quantitative estimate of drug-likeness (QED) is 0.370. The molecule has 2 atom stereocenters. The number of carboxylic acids is 1. The third-order valence-corrected chi connectivity index (χ3v) is 6.76. The van der Waals surface area contributed by atoms with Crippen LogP contribution in [0.3, 0.4) is 0 Å². The summed E-state index contributed by atoms with van der Waals surface area (Å²) in [5, 5.41) is 16.7. The van der Waals surface area contributed by atoms with Gasteiger partial charge in [0.2, 0.25) is 0 Å². The van der Waals surface area contributed by atoms with Crippen LogP contribution in [0.2, 0.25) is 0 Å². The summed E-state index contributed by atoms with van der Waals surface area (Å²) < 4.78 is 37.7. The molecule has 3 aromatic rings. The van der Waals surface area contributed by atoms with Crippen molar-refractivity contribution in [2.24, 2.45) is 5.92 Å². The maximum absolute atomic E-state index is 13.1. The Bertz CT molecular complexity index is 1340. The summed E-state index contributed by atoms with van der Waals surface area (Å²) in [7, 11) is 0. The van der Waals surface area contributed by atoms with Crippen molar-refractivity contribution in [1.82, 2.24) is 14.8 Å². The molecule has 2 aliphatic heterocycles. The number of pyridine rings is 1.